The fourth-order valence-corrected chi connectivity index (χ4v) is 5.20. The first kappa shape index (κ1) is 36.0. The average Bonchev–Trinajstić information content (AvgIpc) is 3.36. The van der Waals surface area contributed by atoms with Crippen molar-refractivity contribution in [3.05, 3.63) is 59.7 Å². The van der Waals surface area contributed by atoms with Crippen LogP contribution in [0.4, 0.5) is 0 Å². The van der Waals surface area contributed by atoms with Gasteiger partial charge in [-0.25, -0.2) is 9.59 Å². The lowest BCUT2D eigenvalue weighted by molar-refractivity contribution is -0.383. The van der Waals surface area contributed by atoms with Gasteiger partial charge in [-0.3, -0.25) is 0 Å². The molecule has 4 rings (SSSR count). The van der Waals surface area contributed by atoms with E-state index in [0.717, 1.165) is 6.08 Å². The molecule has 2 aliphatic rings. The molecule has 2 aliphatic heterocycles. The third-order valence-corrected chi connectivity index (χ3v) is 7.61. The molecular formula is C31H38O16. The lowest BCUT2D eigenvalue weighted by Crippen LogP contribution is -2.63. The highest BCUT2D eigenvalue weighted by Gasteiger charge is 2.61. The molecule has 47 heavy (non-hydrogen) atoms. The second-order valence-corrected chi connectivity index (χ2v) is 10.5. The molecule has 0 bridgehead atoms. The lowest BCUT2D eigenvalue weighted by Gasteiger charge is -2.44. The lowest BCUT2D eigenvalue weighted by atomic mass is 9.98. The van der Waals surface area contributed by atoms with Gasteiger partial charge in [-0.2, -0.15) is 0 Å². The largest absolute Gasteiger partial charge is 0.493 e. The molecule has 2 aromatic rings. The standard InChI is InChI=1S/C31H38O16/c1-40-18-11-16(12-19(41-2)26(18)42-3)9-10-22(35)44-27-21(14-33)43-30(25(38)24(27)37)47-31(15-34)28(23(36)20(13-32)46-31)45-29(39)17-7-5-4-6-8-17/h4-12,20-21,23-25,27-28,30,32-34,36-38H,13-15H2,1-3H3/b10-9+/t20-,21-,23-,24-,25-,27-,28+,30-,31+/m1/s1. The molecule has 16 nitrogen and oxygen atoms in total. The van der Waals surface area contributed by atoms with Crippen molar-refractivity contribution in [3.63, 3.8) is 0 Å². The summed E-state index contributed by atoms with van der Waals surface area (Å²) in [5.74, 6) is -3.33. The number of benzene rings is 2. The van der Waals surface area contributed by atoms with Crippen LogP contribution in [0.5, 0.6) is 17.2 Å². The van der Waals surface area contributed by atoms with Crippen LogP contribution in [0.1, 0.15) is 15.9 Å². The summed E-state index contributed by atoms with van der Waals surface area (Å²) in [5.41, 5.74) is 0.550. The molecule has 2 aromatic carbocycles. The molecule has 2 fully saturated rings. The minimum Gasteiger partial charge on any atom is -0.493 e. The van der Waals surface area contributed by atoms with Gasteiger partial charge in [-0.1, -0.05) is 18.2 Å². The first-order chi connectivity index (χ1) is 22.6. The van der Waals surface area contributed by atoms with E-state index >= 15 is 0 Å². The summed E-state index contributed by atoms with van der Waals surface area (Å²) in [6.07, 6.45) is -11.3. The molecule has 9 atom stereocenters. The highest BCUT2D eigenvalue weighted by molar-refractivity contribution is 5.89. The molecule has 2 saturated heterocycles. The first-order valence-electron chi connectivity index (χ1n) is 14.4. The Morgan fingerprint density at radius 3 is 2.04 bits per heavy atom. The summed E-state index contributed by atoms with van der Waals surface area (Å²) in [6.45, 7) is -2.69. The van der Waals surface area contributed by atoms with Crippen molar-refractivity contribution >= 4 is 18.0 Å². The summed E-state index contributed by atoms with van der Waals surface area (Å²) in [6, 6.07) is 10.8. The molecule has 0 spiro atoms. The zero-order chi connectivity index (χ0) is 34.3. The zero-order valence-electron chi connectivity index (χ0n) is 25.7. The number of methoxy groups -OCH3 is 3. The van der Waals surface area contributed by atoms with E-state index in [0.29, 0.717) is 22.8 Å². The van der Waals surface area contributed by atoms with E-state index in [1.54, 1.807) is 30.3 Å². The number of aliphatic hydroxyl groups excluding tert-OH is 6. The van der Waals surface area contributed by atoms with E-state index in [1.165, 1.54) is 39.5 Å². The monoisotopic (exact) mass is 666 g/mol. The molecule has 0 radical (unpaired) electrons. The van der Waals surface area contributed by atoms with Gasteiger partial charge < -0.3 is 68.5 Å². The predicted molar refractivity (Wildman–Crippen MR) is 157 cm³/mol. The summed E-state index contributed by atoms with van der Waals surface area (Å²) in [7, 11) is 4.28. The Morgan fingerprint density at radius 2 is 1.49 bits per heavy atom. The van der Waals surface area contributed by atoms with Gasteiger partial charge in [0, 0.05) is 6.08 Å². The maximum Gasteiger partial charge on any atom is 0.338 e. The van der Waals surface area contributed by atoms with Crippen LogP contribution >= 0.6 is 0 Å². The van der Waals surface area contributed by atoms with Gasteiger partial charge in [-0.05, 0) is 35.9 Å². The summed E-state index contributed by atoms with van der Waals surface area (Å²) in [5, 5.41) is 62.7. The number of esters is 2. The Kier molecular flexibility index (Phi) is 12.1. The van der Waals surface area contributed by atoms with Gasteiger partial charge in [0.15, 0.2) is 30.0 Å². The summed E-state index contributed by atoms with van der Waals surface area (Å²) < 4.78 is 43.5. The number of aliphatic hydroxyl groups is 6. The molecule has 258 valence electrons. The van der Waals surface area contributed by atoms with Crippen molar-refractivity contribution in [3.8, 4) is 17.2 Å². The minimum absolute atomic E-state index is 0.0904. The van der Waals surface area contributed by atoms with Crippen molar-refractivity contribution < 1.29 is 78.1 Å². The third kappa shape index (κ3) is 7.67. The fourth-order valence-electron chi connectivity index (χ4n) is 5.20. The van der Waals surface area contributed by atoms with Gasteiger partial charge in [-0.15, -0.1) is 0 Å². The Hall–Kier alpha value is -3.84. The van der Waals surface area contributed by atoms with Gasteiger partial charge in [0.2, 0.25) is 11.5 Å². The second-order valence-electron chi connectivity index (χ2n) is 10.5. The van der Waals surface area contributed by atoms with Crippen LogP contribution < -0.4 is 14.2 Å². The van der Waals surface area contributed by atoms with Gasteiger partial charge in [0.1, 0.15) is 37.1 Å². The quantitative estimate of drug-likeness (QED) is 0.108. The van der Waals surface area contributed by atoms with Crippen LogP contribution in [0.15, 0.2) is 48.5 Å². The van der Waals surface area contributed by atoms with Crippen molar-refractivity contribution in [2.24, 2.45) is 0 Å². The van der Waals surface area contributed by atoms with Gasteiger partial charge in [0.25, 0.3) is 0 Å². The smallest absolute Gasteiger partial charge is 0.338 e. The van der Waals surface area contributed by atoms with Gasteiger partial charge in [0.05, 0.1) is 40.1 Å². The highest BCUT2D eigenvalue weighted by Crippen LogP contribution is 2.40. The van der Waals surface area contributed by atoms with E-state index in [2.05, 4.69) is 0 Å². The third-order valence-electron chi connectivity index (χ3n) is 7.61. The summed E-state index contributed by atoms with van der Waals surface area (Å²) >= 11 is 0. The molecule has 0 aromatic heterocycles. The number of ether oxygens (including phenoxy) is 8. The van der Waals surface area contributed by atoms with Crippen molar-refractivity contribution in [1.82, 2.24) is 0 Å². The van der Waals surface area contributed by atoms with Crippen LogP contribution in [0.2, 0.25) is 0 Å². The fraction of sp³-hybridized carbons (Fsp3) is 0.484. The number of carbonyl (C=O) groups excluding carboxylic acids is 2. The Morgan fingerprint density at radius 1 is 0.851 bits per heavy atom. The van der Waals surface area contributed by atoms with Crippen LogP contribution in [-0.2, 0) is 28.5 Å². The van der Waals surface area contributed by atoms with E-state index in [9.17, 15) is 40.2 Å². The number of hydrogen-bond donors (Lipinski definition) is 6. The van der Waals surface area contributed by atoms with Crippen LogP contribution in [-0.4, -0.2) is 139 Å². The Bertz CT molecular complexity index is 1360. The van der Waals surface area contributed by atoms with Crippen LogP contribution in [0.25, 0.3) is 6.08 Å². The molecular weight excluding hydrogens is 628 g/mol. The SMILES string of the molecule is COc1cc(/C=C/C(=O)O[C@H]2[C@H](O)[C@@H](O)[C@@H](O[C@]3(CO)O[C@H](CO)[C@@H](O)[C@@H]3OC(=O)c3ccccc3)O[C@@H]2CO)cc(OC)c1OC. The van der Waals surface area contributed by atoms with E-state index in [1.807, 2.05) is 0 Å². The normalized spacial score (nSPS) is 30.6. The molecule has 6 N–H and O–H groups in total. The Labute approximate surface area is 269 Å². The Balaban J connectivity index is 1.50. The molecule has 2 heterocycles. The maximum atomic E-state index is 12.8. The van der Waals surface area contributed by atoms with Crippen molar-refractivity contribution in [1.29, 1.82) is 0 Å². The number of hydrogen-bond acceptors (Lipinski definition) is 16. The van der Waals surface area contributed by atoms with Crippen molar-refractivity contribution in [2.75, 3.05) is 41.2 Å². The van der Waals surface area contributed by atoms with E-state index in [-0.39, 0.29) is 5.56 Å². The van der Waals surface area contributed by atoms with Crippen LogP contribution in [0.3, 0.4) is 0 Å². The maximum absolute atomic E-state index is 12.8. The van der Waals surface area contributed by atoms with E-state index in [4.69, 9.17) is 37.9 Å². The molecule has 0 unspecified atom stereocenters. The predicted octanol–water partition coefficient (Wildman–Crippen LogP) is -1.24. The van der Waals surface area contributed by atoms with Crippen LogP contribution in [0, 0.1) is 0 Å². The molecule has 0 amide bonds. The first-order valence-corrected chi connectivity index (χ1v) is 14.4. The van der Waals surface area contributed by atoms with Gasteiger partial charge >= 0.3 is 11.9 Å². The highest BCUT2D eigenvalue weighted by atomic mass is 16.8. The average molecular weight is 667 g/mol. The number of carbonyl (C=O) groups is 2. The topological polar surface area (TPSA) is 229 Å². The van der Waals surface area contributed by atoms with E-state index < -0.39 is 86.6 Å². The minimum atomic E-state index is -2.41. The second kappa shape index (κ2) is 15.8. The zero-order valence-corrected chi connectivity index (χ0v) is 25.7. The van der Waals surface area contributed by atoms with Crippen molar-refractivity contribution in [2.45, 2.75) is 54.8 Å². The molecule has 16 heteroatoms. The molecule has 0 saturated carbocycles. The molecule has 0 aliphatic carbocycles. The number of rotatable bonds is 13. The summed E-state index contributed by atoms with van der Waals surface area (Å²) in [4.78, 5) is 25.6.